The van der Waals surface area contributed by atoms with Gasteiger partial charge >= 0.3 is 6.09 Å². The van der Waals surface area contributed by atoms with E-state index in [0.29, 0.717) is 11.8 Å². The molecular weight excluding hydrogens is 390 g/mol. The topological polar surface area (TPSA) is 63.7 Å². The van der Waals surface area contributed by atoms with E-state index in [4.69, 9.17) is 9.47 Å². The Morgan fingerprint density at radius 1 is 1.35 bits per heavy atom. The average Bonchev–Trinajstić information content (AvgIpc) is 2.75. The first-order valence-electron chi connectivity index (χ1n) is 11.1. The van der Waals surface area contributed by atoms with Gasteiger partial charge in [0.15, 0.2) is 0 Å². The molecule has 3 fully saturated rings. The van der Waals surface area contributed by atoms with E-state index in [1.54, 1.807) is 13.3 Å². The van der Waals surface area contributed by atoms with Crippen molar-refractivity contribution in [2.24, 2.45) is 11.8 Å². The minimum absolute atomic E-state index is 0.123. The van der Waals surface area contributed by atoms with Crippen molar-refractivity contribution in [2.45, 2.75) is 51.3 Å². The molecule has 4 heterocycles. The molecule has 3 aliphatic rings. The van der Waals surface area contributed by atoms with Gasteiger partial charge in [-0.1, -0.05) is 6.08 Å². The highest BCUT2D eigenvalue weighted by Crippen LogP contribution is 2.43. The fraction of sp³-hybridized carbons (Fsp3) is 0.520. The van der Waals surface area contributed by atoms with Crippen LogP contribution in [0.1, 0.15) is 45.3 Å². The Morgan fingerprint density at radius 2 is 2.16 bits per heavy atom. The van der Waals surface area contributed by atoms with Crippen molar-refractivity contribution in [3.05, 3.63) is 48.7 Å². The Labute approximate surface area is 184 Å². The molecule has 6 heteroatoms. The molecule has 6 nitrogen and oxygen atoms in total. The minimum Gasteiger partial charge on any atom is -0.497 e. The number of carbonyl (C=O) groups excluding carboxylic acids is 1. The highest BCUT2D eigenvalue weighted by Gasteiger charge is 2.44. The van der Waals surface area contributed by atoms with Gasteiger partial charge in [0.2, 0.25) is 0 Å². The number of methoxy groups -OCH3 is 1. The molecule has 0 radical (unpaired) electrons. The number of ether oxygens (including phenoxy) is 2. The van der Waals surface area contributed by atoms with Crippen molar-refractivity contribution in [3.8, 4) is 5.75 Å². The molecule has 31 heavy (non-hydrogen) atoms. The average molecular weight is 424 g/mol. The minimum atomic E-state index is -0.395. The maximum absolute atomic E-state index is 12.9. The second-order valence-corrected chi connectivity index (χ2v) is 9.73. The first-order chi connectivity index (χ1) is 14.8. The zero-order valence-electron chi connectivity index (χ0n) is 18.9. The predicted molar refractivity (Wildman–Crippen MR) is 122 cm³/mol. The van der Waals surface area contributed by atoms with E-state index in [1.807, 2.05) is 45.0 Å². The number of fused-ring (bicyclic) bond motifs is 4. The van der Waals surface area contributed by atoms with E-state index in [0.717, 1.165) is 41.7 Å². The number of piperidine rings is 3. The third-order valence-electron chi connectivity index (χ3n) is 6.50. The van der Waals surface area contributed by atoms with Crippen LogP contribution in [0, 0.1) is 11.8 Å². The van der Waals surface area contributed by atoms with Crippen LogP contribution in [0.15, 0.2) is 43.1 Å². The molecule has 1 aromatic heterocycles. The number of nitrogens with one attached hydrogen (secondary N) is 1. The molecule has 2 bridgehead atoms. The van der Waals surface area contributed by atoms with Crippen LogP contribution in [0.4, 0.5) is 4.79 Å². The monoisotopic (exact) mass is 423 g/mol. The number of nitrogens with zero attached hydrogens (tertiary/aromatic N) is 2. The quantitative estimate of drug-likeness (QED) is 0.706. The Bertz CT molecular complexity index is 968. The number of hydrogen-bond acceptors (Lipinski definition) is 5. The summed E-state index contributed by atoms with van der Waals surface area (Å²) >= 11 is 0. The molecule has 0 aliphatic carbocycles. The molecular formula is C25H33N3O3. The standard InChI is InChI=1S/C25H33N3O3/c1-6-16-15-28-12-10-17(16)13-22(28)23(31-24(29)27-25(2,3)4)19-9-11-26-21-8-7-18(30-5)14-20(19)21/h6-9,11,14,16-17,22-23H,1,10,12-13,15H2,2-5H3,(H,27,29)/t16-,17-,22-,23-/m0/s1. The molecule has 166 valence electrons. The van der Waals surface area contributed by atoms with Crippen LogP contribution in [-0.2, 0) is 4.74 Å². The summed E-state index contributed by atoms with van der Waals surface area (Å²) in [7, 11) is 1.66. The van der Waals surface area contributed by atoms with Crippen LogP contribution in [0.2, 0.25) is 0 Å². The number of amides is 1. The second kappa shape index (κ2) is 8.50. The third kappa shape index (κ3) is 4.54. The van der Waals surface area contributed by atoms with Crippen LogP contribution in [0.3, 0.4) is 0 Å². The van der Waals surface area contributed by atoms with Crippen LogP contribution in [0.5, 0.6) is 5.75 Å². The van der Waals surface area contributed by atoms with E-state index in [9.17, 15) is 4.79 Å². The summed E-state index contributed by atoms with van der Waals surface area (Å²) in [6, 6.07) is 7.94. The van der Waals surface area contributed by atoms with Crippen molar-refractivity contribution in [1.82, 2.24) is 15.2 Å². The fourth-order valence-electron chi connectivity index (χ4n) is 5.01. The van der Waals surface area contributed by atoms with E-state index < -0.39 is 12.2 Å². The molecule has 2 aromatic rings. The second-order valence-electron chi connectivity index (χ2n) is 9.73. The highest BCUT2D eigenvalue weighted by atomic mass is 16.6. The molecule has 1 amide bonds. The van der Waals surface area contributed by atoms with E-state index in [1.165, 1.54) is 6.42 Å². The van der Waals surface area contributed by atoms with Gasteiger partial charge in [0, 0.05) is 29.2 Å². The number of carbonyl (C=O) groups is 1. The normalized spacial score (nSPS) is 26.3. The van der Waals surface area contributed by atoms with Gasteiger partial charge < -0.3 is 14.8 Å². The van der Waals surface area contributed by atoms with E-state index >= 15 is 0 Å². The van der Waals surface area contributed by atoms with E-state index in [-0.39, 0.29) is 11.6 Å². The van der Waals surface area contributed by atoms with Crippen molar-refractivity contribution in [1.29, 1.82) is 0 Å². The molecule has 0 saturated carbocycles. The molecule has 3 aliphatic heterocycles. The lowest BCUT2D eigenvalue weighted by atomic mass is 9.73. The predicted octanol–water partition coefficient (Wildman–Crippen LogP) is 4.71. The van der Waals surface area contributed by atoms with Gasteiger partial charge in [0.05, 0.1) is 18.7 Å². The van der Waals surface area contributed by atoms with E-state index in [2.05, 4.69) is 27.9 Å². The number of rotatable bonds is 5. The summed E-state index contributed by atoms with van der Waals surface area (Å²) in [5.74, 6) is 1.84. The molecule has 1 aromatic carbocycles. The molecule has 1 N–H and O–H groups in total. The summed E-state index contributed by atoms with van der Waals surface area (Å²) in [6.45, 7) is 11.9. The van der Waals surface area contributed by atoms with Crippen molar-refractivity contribution in [2.75, 3.05) is 20.2 Å². The molecule has 1 unspecified atom stereocenters. The van der Waals surface area contributed by atoms with Gasteiger partial charge in [-0.25, -0.2) is 4.79 Å². The number of pyridine rings is 1. The molecule has 0 spiro atoms. The number of aromatic nitrogens is 1. The van der Waals surface area contributed by atoms with Gasteiger partial charge in [0.25, 0.3) is 0 Å². The number of benzene rings is 1. The van der Waals surface area contributed by atoms with Gasteiger partial charge in [-0.2, -0.15) is 0 Å². The number of alkyl carbamates (subject to hydrolysis) is 1. The Hall–Kier alpha value is -2.60. The first-order valence-corrected chi connectivity index (χ1v) is 11.1. The highest BCUT2D eigenvalue weighted by molar-refractivity contribution is 5.84. The van der Waals surface area contributed by atoms with Crippen molar-refractivity contribution >= 4 is 17.0 Å². The maximum Gasteiger partial charge on any atom is 0.408 e. The molecule has 5 atom stereocenters. The Morgan fingerprint density at radius 3 is 2.81 bits per heavy atom. The summed E-state index contributed by atoms with van der Waals surface area (Å²) in [5.41, 5.74) is 1.47. The smallest absolute Gasteiger partial charge is 0.408 e. The lowest BCUT2D eigenvalue weighted by molar-refractivity contribution is -0.0506. The SMILES string of the molecule is C=C[C@H]1CN2CC[C@H]1C[C@H]2[C@@H](OC(=O)NC(C)(C)C)c1ccnc2ccc(OC)cc12. The zero-order valence-corrected chi connectivity index (χ0v) is 18.9. The van der Waals surface area contributed by atoms with Crippen LogP contribution >= 0.6 is 0 Å². The van der Waals surface area contributed by atoms with Gasteiger partial charge in [-0.15, -0.1) is 6.58 Å². The number of hydrogen-bond donors (Lipinski definition) is 1. The largest absolute Gasteiger partial charge is 0.497 e. The summed E-state index contributed by atoms with van der Waals surface area (Å²) in [4.78, 5) is 19.8. The molecule has 5 rings (SSSR count). The third-order valence-corrected chi connectivity index (χ3v) is 6.50. The van der Waals surface area contributed by atoms with Crippen LogP contribution in [0.25, 0.3) is 10.9 Å². The fourth-order valence-corrected chi connectivity index (χ4v) is 5.01. The maximum atomic E-state index is 12.9. The first kappa shape index (κ1) is 21.6. The lowest BCUT2D eigenvalue weighted by Gasteiger charge is -2.51. The summed E-state index contributed by atoms with van der Waals surface area (Å²) in [5, 5.41) is 3.91. The summed E-state index contributed by atoms with van der Waals surface area (Å²) < 4.78 is 11.6. The summed E-state index contributed by atoms with van der Waals surface area (Å²) in [6.07, 6.45) is 5.24. The van der Waals surface area contributed by atoms with Crippen LogP contribution in [-0.4, -0.2) is 47.8 Å². The van der Waals surface area contributed by atoms with Crippen molar-refractivity contribution < 1.29 is 14.3 Å². The van der Waals surface area contributed by atoms with Crippen LogP contribution < -0.4 is 10.1 Å². The molecule has 3 saturated heterocycles. The van der Waals surface area contributed by atoms with Crippen molar-refractivity contribution in [3.63, 3.8) is 0 Å². The Balaban J connectivity index is 1.74. The lowest BCUT2D eigenvalue weighted by Crippen LogP contribution is -2.56. The van der Waals surface area contributed by atoms with Gasteiger partial charge in [-0.05, 0) is 76.3 Å². The Kier molecular flexibility index (Phi) is 5.93. The zero-order chi connectivity index (χ0) is 22.2. The van der Waals surface area contributed by atoms with Gasteiger partial charge in [-0.3, -0.25) is 9.88 Å². The van der Waals surface area contributed by atoms with Gasteiger partial charge in [0.1, 0.15) is 11.9 Å².